The van der Waals surface area contributed by atoms with Crippen LogP contribution in [-0.2, 0) is 17.8 Å². The van der Waals surface area contributed by atoms with Gasteiger partial charge in [-0.1, -0.05) is 18.2 Å². The SMILES string of the molecule is CCNC(=NCc1ccc(C)cc1OCC1CCOC1)NCc1cccc(N(C)C)n1.I. The number of ether oxygens (including phenoxy) is 2. The van der Waals surface area contributed by atoms with Gasteiger partial charge in [0.25, 0.3) is 0 Å². The zero-order valence-corrected chi connectivity index (χ0v) is 21.9. The van der Waals surface area contributed by atoms with Crippen LogP contribution in [0.1, 0.15) is 30.2 Å². The van der Waals surface area contributed by atoms with Crippen molar-refractivity contribution in [2.24, 2.45) is 10.9 Å². The Balaban J connectivity index is 0.00000363. The number of halogens is 1. The Labute approximate surface area is 209 Å². The fourth-order valence-corrected chi connectivity index (χ4v) is 3.34. The summed E-state index contributed by atoms with van der Waals surface area (Å²) in [5.74, 6) is 3.08. The average Bonchev–Trinajstić information content (AvgIpc) is 3.29. The summed E-state index contributed by atoms with van der Waals surface area (Å²) in [6, 6.07) is 12.3. The van der Waals surface area contributed by atoms with Crippen LogP contribution in [0.15, 0.2) is 41.4 Å². The molecule has 1 atom stereocenters. The molecule has 2 heterocycles. The van der Waals surface area contributed by atoms with Gasteiger partial charge in [-0.25, -0.2) is 9.98 Å². The van der Waals surface area contributed by atoms with Gasteiger partial charge in [-0.05, 0) is 44.0 Å². The number of benzene rings is 1. The summed E-state index contributed by atoms with van der Waals surface area (Å²) in [5.41, 5.74) is 3.23. The number of pyridine rings is 1. The molecule has 1 saturated heterocycles. The van der Waals surface area contributed by atoms with Gasteiger partial charge in [0.1, 0.15) is 11.6 Å². The Bertz CT molecular complexity index is 869. The number of aromatic nitrogens is 1. The molecule has 2 N–H and O–H groups in total. The minimum Gasteiger partial charge on any atom is -0.493 e. The molecule has 0 aliphatic carbocycles. The molecule has 0 bridgehead atoms. The molecule has 32 heavy (non-hydrogen) atoms. The summed E-state index contributed by atoms with van der Waals surface area (Å²) >= 11 is 0. The summed E-state index contributed by atoms with van der Waals surface area (Å²) in [5, 5.41) is 6.69. The summed E-state index contributed by atoms with van der Waals surface area (Å²) in [6.45, 7) is 8.39. The van der Waals surface area contributed by atoms with Crippen LogP contribution in [0.3, 0.4) is 0 Å². The minimum absolute atomic E-state index is 0. The van der Waals surface area contributed by atoms with Crippen molar-refractivity contribution in [2.75, 3.05) is 45.4 Å². The van der Waals surface area contributed by atoms with Crippen LogP contribution in [-0.4, -0.2) is 51.4 Å². The van der Waals surface area contributed by atoms with Crippen molar-refractivity contribution in [1.29, 1.82) is 0 Å². The Morgan fingerprint density at radius 1 is 1.25 bits per heavy atom. The number of aryl methyl sites for hydroxylation is 1. The van der Waals surface area contributed by atoms with E-state index in [0.717, 1.165) is 55.0 Å². The number of nitrogens with one attached hydrogen (secondary N) is 2. The van der Waals surface area contributed by atoms with E-state index >= 15 is 0 Å². The van der Waals surface area contributed by atoms with Crippen LogP contribution in [0.5, 0.6) is 5.75 Å². The standard InChI is InChI=1S/C24H35N5O2.HI/c1-5-25-24(27-15-21-7-6-8-23(28-21)29(3)4)26-14-20-10-9-18(2)13-22(20)31-17-19-11-12-30-16-19;/h6-10,13,19H,5,11-12,14-17H2,1-4H3,(H2,25,26,27);1H. The van der Waals surface area contributed by atoms with Crippen molar-refractivity contribution in [1.82, 2.24) is 15.6 Å². The molecule has 1 unspecified atom stereocenters. The minimum atomic E-state index is 0. The highest BCUT2D eigenvalue weighted by atomic mass is 127. The molecule has 0 spiro atoms. The molecule has 0 saturated carbocycles. The van der Waals surface area contributed by atoms with Crippen LogP contribution in [0.25, 0.3) is 0 Å². The lowest BCUT2D eigenvalue weighted by atomic mass is 10.1. The van der Waals surface area contributed by atoms with Crippen LogP contribution in [0.2, 0.25) is 0 Å². The van der Waals surface area contributed by atoms with Crippen molar-refractivity contribution in [3.05, 3.63) is 53.2 Å². The van der Waals surface area contributed by atoms with E-state index in [1.54, 1.807) is 0 Å². The first-order valence-corrected chi connectivity index (χ1v) is 11.0. The third-order valence-electron chi connectivity index (χ3n) is 5.16. The summed E-state index contributed by atoms with van der Waals surface area (Å²) in [4.78, 5) is 11.4. The van der Waals surface area contributed by atoms with Gasteiger partial charge >= 0.3 is 0 Å². The Morgan fingerprint density at radius 2 is 2.09 bits per heavy atom. The van der Waals surface area contributed by atoms with E-state index in [-0.39, 0.29) is 24.0 Å². The van der Waals surface area contributed by atoms with E-state index in [0.29, 0.717) is 25.6 Å². The highest BCUT2D eigenvalue weighted by Crippen LogP contribution is 2.23. The topological polar surface area (TPSA) is 71.0 Å². The molecule has 0 amide bonds. The van der Waals surface area contributed by atoms with Gasteiger partial charge in [-0.2, -0.15) is 0 Å². The fourth-order valence-electron chi connectivity index (χ4n) is 3.34. The lowest BCUT2D eigenvalue weighted by molar-refractivity contribution is 0.166. The van der Waals surface area contributed by atoms with Crippen molar-refractivity contribution >= 4 is 35.8 Å². The highest BCUT2D eigenvalue weighted by Gasteiger charge is 2.17. The maximum Gasteiger partial charge on any atom is 0.191 e. The van der Waals surface area contributed by atoms with Crippen LogP contribution < -0.4 is 20.3 Å². The van der Waals surface area contributed by atoms with Gasteiger partial charge in [0.05, 0.1) is 32.0 Å². The summed E-state index contributed by atoms with van der Waals surface area (Å²) in [7, 11) is 3.98. The molecule has 1 fully saturated rings. The number of rotatable bonds is 9. The zero-order chi connectivity index (χ0) is 22.1. The van der Waals surface area contributed by atoms with Crippen molar-refractivity contribution in [3.63, 3.8) is 0 Å². The molecule has 2 aromatic rings. The van der Waals surface area contributed by atoms with E-state index in [4.69, 9.17) is 14.5 Å². The number of nitrogens with zero attached hydrogens (tertiary/aromatic N) is 3. The zero-order valence-electron chi connectivity index (χ0n) is 19.6. The molecule has 1 aliphatic heterocycles. The van der Waals surface area contributed by atoms with E-state index < -0.39 is 0 Å². The average molecular weight is 553 g/mol. The first-order valence-electron chi connectivity index (χ1n) is 11.0. The monoisotopic (exact) mass is 553 g/mol. The molecule has 1 aromatic heterocycles. The van der Waals surface area contributed by atoms with Crippen LogP contribution in [0, 0.1) is 12.8 Å². The van der Waals surface area contributed by atoms with Gasteiger partial charge in [0.2, 0.25) is 0 Å². The third-order valence-corrected chi connectivity index (χ3v) is 5.16. The number of hydrogen-bond donors (Lipinski definition) is 2. The Morgan fingerprint density at radius 3 is 2.81 bits per heavy atom. The molecule has 1 aliphatic rings. The Hall–Kier alpha value is -2.07. The quantitative estimate of drug-likeness (QED) is 0.280. The second-order valence-corrected chi connectivity index (χ2v) is 8.08. The van der Waals surface area contributed by atoms with Crippen LogP contribution in [0.4, 0.5) is 5.82 Å². The molecule has 1 aromatic carbocycles. The summed E-state index contributed by atoms with van der Waals surface area (Å²) < 4.78 is 11.6. The second kappa shape index (κ2) is 13.5. The van der Waals surface area contributed by atoms with E-state index in [1.807, 2.05) is 37.2 Å². The maximum absolute atomic E-state index is 6.15. The summed E-state index contributed by atoms with van der Waals surface area (Å²) in [6.07, 6.45) is 1.07. The predicted octanol–water partition coefficient (Wildman–Crippen LogP) is 3.74. The smallest absolute Gasteiger partial charge is 0.191 e. The van der Waals surface area contributed by atoms with Gasteiger partial charge in [0.15, 0.2) is 5.96 Å². The first kappa shape index (κ1) is 26.2. The molecular formula is C24H36IN5O2. The van der Waals surface area contributed by atoms with Gasteiger partial charge in [-0.3, -0.25) is 0 Å². The lowest BCUT2D eigenvalue weighted by Crippen LogP contribution is -2.37. The predicted molar refractivity (Wildman–Crippen MR) is 141 cm³/mol. The number of anilines is 1. The molecule has 8 heteroatoms. The van der Waals surface area contributed by atoms with E-state index in [9.17, 15) is 0 Å². The van der Waals surface area contributed by atoms with Crippen molar-refractivity contribution in [3.8, 4) is 5.75 Å². The first-order chi connectivity index (χ1) is 15.0. The number of guanidine groups is 1. The molecule has 176 valence electrons. The highest BCUT2D eigenvalue weighted by molar-refractivity contribution is 14.0. The Kier molecular flexibility index (Phi) is 11.0. The van der Waals surface area contributed by atoms with E-state index in [1.165, 1.54) is 5.56 Å². The van der Waals surface area contributed by atoms with Gasteiger partial charge in [-0.15, -0.1) is 24.0 Å². The lowest BCUT2D eigenvalue weighted by Gasteiger charge is -2.16. The van der Waals surface area contributed by atoms with Crippen molar-refractivity contribution < 1.29 is 9.47 Å². The van der Waals surface area contributed by atoms with Crippen LogP contribution >= 0.6 is 24.0 Å². The molecule has 0 radical (unpaired) electrons. The molecule has 7 nitrogen and oxygen atoms in total. The van der Waals surface area contributed by atoms with Gasteiger partial charge < -0.3 is 25.0 Å². The van der Waals surface area contributed by atoms with Crippen molar-refractivity contribution in [2.45, 2.75) is 33.4 Å². The third kappa shape index (κ3) is 8.12. The fraction of sp³-hybridized carbons (Fsp3) is 0.500. The van der Waals surface area contributed by atoms with E-state index in [2.05, 4.69) is 47.7 Å². The molecular weight excluding hydrogens is 517 g/mol. The number of aliphatic imine (C=N–C) groups is 1. The van der Waals surface area contributed by atoms with Gasteiger partial charge in [0, 0.05) is 38.7 Å². The number of hydrogen-bond acceptors (Lipinski definition) is 5. The second-order valence-electron chi connectivity index (χ2n) is 8.08. The largest absolute Gasteiger partial charge is 0.493 e. The normalized spacial score (nSPS) is 15.8. The molecule has 3 rings (SSSR count). The maximum atomic E-state index is 6.15.